The Morgan fingerprint density at radius 1 is 0.409 bits per heavy atom. The van der Waals surface area contributed by atoms with Crippen LogP contribution in [-0.4, -0.2) is 0 Å². The maximum atomic E-state index is 7.50. The minimum absolute atomic E-state index is 0. The van der Waals surface area contributed by atoms with Gasteiger partial charge in [-0.1, -0.05) is 48.5 Å². The van der Waals surface area contributed by atoms with E-state index in [1.807, 2.05) is 0 Å². The molecule has 5 nitrogen and oxygen atoms in total. The van der Waals surface area contributed by atoms with Gasteiger partial charge in [-0.05, 0) is 10.8 Å². The molecule has 2 aromatic carbocycles. The second kappa shape index (κ2) is 42.7. The Morgan fingerprint density at radius 2 is 0.545 bits per heavy atom. The number of hydrogen-bond acceptors (Lipinski definition) is 0. The maximum absolute atomic E-state index is 7.50. The zero-order valence-electron chi connectivity index (χ0n) is 10.9. The van der Waals surface area contributed by atoms with Crippen LogP contribution in [0, 0.1) is 33.3 Å². The predicted octanol–water partition coefficient (Wildman–Crippen LogP) is 2.65. The Labute approximate surface area is 150 Å². The molecule has 0 aliphatic rings. The monoisotopic (exact) mass is 378 g/mol. The standard InChI is InChI=1S/C10H8.5CO.2Mn/c1-2-6-10-8-4-3-7-9(10)5-1;5*1-2;;/h1-8H;;;;;;;. The van der Waals surface area contributed by atoms with Gasteiger partial charge in [0.2, 0.25) is 0 Å². The largest absolute Gasteiger partial charge is 0.0616 e. The van der Waals surface area contributed by atoms with Crippen LogP contribution in [0.15, 0.2) is 48.5 Å². The molecular formula is C15H8Mn2O5. The summed E-state index contributed by atoms with van der Waals surface area (Å²) >= 11 is 0. The molecule has 0 saturated carbocycles. The Morgan fingerprint density at radius 3 is 0.682 bits per heavy atom. The molecule has 0 heterocycles. The molecule has 7 heteroatoms. The summed E-state index contributed by atoms with van der Waals surface area (Å²) in [5.41, 5.74) is 0. The number of benzene rings is 2. The number of hydrogen-bond donors (Lipinski definition) is 0. The van der Waals surface area contributed by atoms with E-state index >= 15 is 0 Å². The van der Waals surface area contributed by atoms with E-state index in [1.54, 1.807) is 0 Å². The van der Waals surface area contributed by atoms with E-state index < -0.39 is 0 Å². The molecule has 0 amide bonds. The summed E-state index contributed by atoms with van der Waals surface area (Å²) in [5, 5.41) is 2.62. The molecule has 0 N–H and O–H groups in total. The molecule has 2 rings (SSSR count). The van der Waals surface area contributed by atoms with Gasteiger partial charge in [0.1, 0.15) is 0 Å². The first-order chi connectivity index (χ1) is 9.97. The first-order valence-corrected chi connectivity index (χ1v) is 4.43. The molecule has 22 heavy (non-hydrogen) atoms. The van der Waals surface area contributed by atoms with E-state index in [-0.39, 0.29) is 34.1 Å². The molecule has 0 bridgehead atoms. The van der Waals surface area contributed by atoms with Gasteiger partial charge < -0.3 is 0 Å². The summed E-state index contributed by atoms with van der Waals surface area (Å²) in [6, 6.07) is 16.7. The Balaban J connectivity index is -0.0000000467. The quantitative estimate of drug-likeness (QED) is 0.383. The fraction of sp³-hybridized carbons (Fsp3) is 0. The first-order valence-electron chi connectivity index (χ1n) is 4.43. The number of rotatable bonds is 0. The summed E-state index contributed by atoms with van der Waals surface area (Å²) in [6.45, 7) is 22.5. The fourth-order valence-electron chi connectivity index (χ4n) is 1.13. The topological polar surface area (TPSA) is 99.5 Å². The van der Waals surface area contributed by atoms with Crippen molar-refractivity contribution in [1.82, 2.24) is 0 Å². The van der Waals surface area contributed by atoms with E-state index in [0.717, 1.165) is 0 Å². The van der Waals surface area contributed by atoms with Crippen LogP contribution in [0.5, 0.6) is 0 Å². The van der Waals surface area contributed by atoms with Crippen molar-refractivity contribution in [3.05, 3.63) is 81.8 Å². The van der Waals surface area contributed by atoms with Gasteiger partial charge in [0.15, 0.2) is 0 Å². The molecule has 0 fully saturated rings. The second-order valence-electron chi connectivity index (χ2n) is 2.35. The summed E-state index contributed by atoms with van der Waals surface area (Å²) in [4.78, 5) is 0. The molecule has 112 valence electrons. The van der Waals surface area contributed by atoms with Crippen LogP contribution >= 0.6 is 0 Å². The average Bonchev–Trinajstić information content (AvgIpc) is 2.64. The maximum Gasteiger partial charge on any atom is 0 e. The van der Waals surface area contributed by atoms with Gasteiger partial charge >= 0.3 is 56.5 Å². The number of fused-ring (bicyclic) bond motifs is 1. The molecule has 0 unspecified atom stereocenters. The van der Waals surface area contributed by atoms with Crippen LogP contribution in [0.2, 0.25) is 0 Å². The SMILES string of the molecule is [C-]#[O+].[C-]#[O+].[C-]#[O+].[C-]#[O+].[C-]#[O+].[Mn].[Mn].c1ccc2ccccc2c1. The van der Waals surface area contributed by atoms with Crippen LogP contribution in [-0.2, 0) is 57.4 Å². The third-order valence-electron chi connectivity index (χ3n) is 1.66. The third-order valence-corrected chi connectivity index (χ3v) is 1.66. The van der Waals surface area contributed by atoms with Gasteiger partial charge in [-0.2, -0.15) is 0 Å². The van der Waals surface area contributed by atoms with E-state index in [9.17, 15) is 0 Å². The first kappa shape index (κ1) is 37.0. The Hall–Kier alpha value is -1.56. The molecule has 0 spiro atoms. The third kappa shape index (κ3) is 20.8. The Kier molecular flexibility index (Phi) is 71.9. The zero-order valence-corrected chi connectivity index (χ0v) is 13.3. The molecule has 0 aromatic heterocycles. The normalized spacial score (nSPS) is 5.00. The molecule has 2 radical (unpaired) electrons. The molecule has 0 atom stereocenters. The van der Waals surface area contributed by atoms with Gasteiger partial charge in [-0.25, -0.2) is 0 Å². The van der Waals surface area contributed by atoms with Gasteiger partial charge in [-0.15, -0.1) is 0 Å². The van der Waals surface area contributed by atoms with E-state index in [1.165, 1.54) is 10.8 Å². The molecule has 0 aliphatic carbocycles. The minimum Gasteiger partial charge on any atom is -0.0616 e. The van der Waals surface area contributed by atoms with Crippen molar-refractivity contribution in [2.45, 2.75) is 0 Å². The van der Waals surface area contributed by atoms with Gasteiger partial charge in [0, 0.05) is 34.1 Å². The van der Waals surface area contributed by atoms with Crippen LogP contribution in [0.3, 0.4) is 0 Å². The Bertz CT molecular complexity index is 444. The molecule has 2 aromatic rings. The van der Waals surface area contributed by atoms with Crippen molar-refractivity contribution in [3.63, 3.8) is 0 Å². The smallest absolute Gasteiger partial charge is 0 e. The van der Waals surface area contributed by atoms with Gasteiger partial charge in [-0.3, -0.25) is 0 Å². The van der Waals surface area contributed by atoms with Gasteiger partial charge in [0.05, 0.1) is 0 Å². The summed E-state index contributed by atoms with van der Waals surface area (Å²) in [6.07, 6.45) is 0. The van der Waals surface area contributed by atoms with Crippen molar-refractivity contribution in [3.8, 4) is 0 Å². The molecule has 0 saturated heterocycles. The average molecular weight is 378 g/mol. The summed E-state index contributed by atoms with van der Waals surface area (Å²) in [7, 11) is 0. The van der Waals surface area contributed by atoms with Crippen molar-refractivity contribution in [1.29, 1.82) is 0 Å². The van der Waals surface area contributed by atoms with E-state index in [0.29, 0.717) is 0 Å². The fourth-order valence-corrected chi connectivity index (χ4v) is 1.13. The zero-order chi connectivity index (χ0) is 16.8. The van der Waals surface area contributed by atoms with E-state index in [2.05, 4.69) is 81.8 Å². The summed E-state index contributed by atoms with van der Waals surface area (Å²) in [5.74, 6) is 0. The van der Waals surface area contributed by atoms with Crippen molar-refractivity contribution in [2.24, 2.45) is 0 Å². The predicted molar refractivity (Wildman–Crippen MR) is 63.6 cm³/mol. The molecular weight excluding hydrogens is 370 g/mol. The van der Waals surface area contributed by atoms with Crippen LogP contribution in [0.4, 0.5) is 0 Å². The van der Waals surface area contributed by atoms with E-state index in [4.69, 9.17) is 23.3 Å². The van der Waals surface area contributed by atoms with Crippen LogP contribution < -0.4 is 0 Å². The van der Waals surface area contributed by atoms with Crippen molar-refractivity contribution < 1.29 is 57.4 Å². The summed E-state index contributed by atoms with van der Waals surface area (Å²) < 4.78 is 37.5. The molecule has 0 aliphatic heterocycles. The van der Waals surface area contributed by atoms with Crippen LogP contribution in [0.1, 0.15) is 0 Å². The minimum atomic E-state index is 0. The van der Waals surface area contributed by atoms with Crippen molar-refractivity contribution in [2.75, 3.05) is 0 Å². The second-order valence-corrected chi connectivity index (χ2v) is 2.35. The van der Waals surface area contributed by atoms with Crippen LogP contribution in [0.25, 0.3) is 10.8 Å². The van der Waals surface area contributed by atoms with Crippen molar-refractivity contribution >= 4 is 10.8 Å². The van der Waals surface area contributed by atoms with Gasteiger partial charge in [0.25, 0.3) is 0 Å².